The number of Topliss-reactive ketones (excluding diaryl/α,β-unsaturated/α-hetero) is 1. The molecule has 1 heterocycles. The molecule has 0 aromatic heterocycles. The van der Waals surface area contributed by atoms with E-state index < -0.39 is 54.4 Å². The van der Waals surface area contributed by atoms with Gasteiger partial charge >= 0.3 is 5.97 Å². The van der Waals surface area contributed by atoms with Gasteiger partial charge in [-0.25, -0.2) is 13.6 Å². The van der Waals surface area contributed by atoms with Crippen LogP contribution in [0.2, 0.25) is 0 Å². The summed E-state index contributed by atoms with van der Waals surface area (Å²) in [7, 11) is 0. The Kier molecular flexibility index (Phi) is 7.81. The van der Waals surface area contributed by atoms with Crippen molar-refractivity contribution >= 4 is 23.6 Å². The van der Waals surface area contributed by atoms with Gasteiger partial charge in [0.1, 0.15) is 6.04 Å². The lowest BCUT2D eigenvalue weighted by atomic mass is 9.90. The van der Waals surface area contributed by atoms with Crippen molar-refractivity contribution in [1.82, 2.24) is 10.2 Å². The van der Waals surface area contributed by atoms with E-state index in [1.807, 2.05) is 0 Å². The smallest absolute Gasteiger partial charge is 0.326 e. The van der Waals surface area contributed by atoms with E-state index in [-0.39, 0.29) is 19.4 Å². The lowest BCUT2D eigenvalue weighted by Gasteiger charge is -2.26. The van der Waals surface area contributed by atoms with Crippen molar-refractivity contribution in [3.63, 3.8) is 0 Å². The molecule has 3 atom stereocenters. The van der Waals surface area contributed by atoms with Crippen molar-refractivity contribution in [1.29, 1.82) is 0 Å². The lowest BCUT2D eigenvalue weighted by molar-refractivity contribution is -0.150. The maximum atomic E-state index is 13.7. The Morgan fingerprint density at radius 2 is 1.86 bits per heavy atom. The number of hydrogen-bond donors (Lipinski definition) is 2. The second kappa shape index (κ2) is 10.1. The van der Waals surface area contributed by atoms with Gasteiger partial charge in [0.25, 0.3) is 0 Å². The van der Waals surface area contributed by atoms with Crippen LogP contribution in [0.4, 0.5) is 8.78 Å². The molecule has 2 rings (SSSR count). The number of carboxylic acid groups (broad SMARTS) is 1. The van der Waals surface area contributed by atoms with E-state index in [4.69, 9.17) is 0 Å². The Morgan fingerprint density at radius 1 is 1.21 bits per heavy atom. The summed E-state index contributed by atoms with van der Waals surface area (Å²) in [5.74, 6) is -5.42. The molecule has 9 heteroatoms. The fraction of sp³-hybridized carbons (Fsp3) is 0.500. The first-order chi connectivity index (χ1) is 13.7. The van der Waals surface area contributed by atoms with Gasteiger partial charge < -0.3 is 15.3 Å². The molecule has 7 nitrogen and oxygen atoms in total. The molecule has 158 valence electrons. The van der Waals surface area contributed by atoms with Gasteiger partial charge in [-0.1, -0.05) is 30.3 Å². The number of carboxylic acids is 1. The first kappa shape index (κ1) is 22.4. The fourth-order valence-electron chi connectivity index (χ4n) is 3.52. The van der Waals surface area contributed by atoms with Crippen LogP contribution in [-0.4, -0.2) is 58.6 Å². The Balaban J connectivity index is 2.17. The van der Waals surface area contributed by atoms with Crippen molar-refractivity contribution in [2.75, 3.05) is 6.54 Å². The van der Waals surface area contributed by atoms with Crippen LogP contribution < -0.4 is 5.32 Å². The highest BCUT2D eigenvalue weighted by atomic mass is 19.3. The SMILES string of the molecule is CC(=O)N[C@@H](Cc1ccccc1)C(=O)C(CC(=O)N1CCC[C@H]1C(=O)O)C(F)F. The highest BCUT2D eigenvalue weighted by Gasteiger charge is 2.40. The fourth-order valence-corrected chi connectivity index (χ4v) is 3.52. The van der Waals surface area contributed by atoms with Crippen LogP contribution in [-0.2, 0) is 25.6 Å². The summed E-state index contributed by atoms with van der Waals surface area (Å²) in [4.78, 5) is 49.1. The zero-order valence-electron chi connectivity index (χ0n) is 16.0. The molecular formula is C20H24F2N2O5. The van der Waals surface area contributed by atoms with Gasteiger partial charge in [0.15, 0.2) is 5.78 Å². The number of benzene rings is 1. The maximum absolute atomic E-state index is 13.7. The number of carbonyl (C=O) groups excluding carboxylic acids is 3. The van der Waals surface area contributed by atoms with Gasteiger partial charge in [-0.05, 0) is 24.8 Å². The zero-order valence-corrected chi connectivity index (χ0v) is 16.0. The molecule has 1 aromatic rings. The standard InChI is InChI=1S/C20H24F2N2O5/c1-12(25)23-15(10-13-6-3-2-4-7-13)18(27)14(19(21)22)11-17(26)24-9-5-8-16(24)20(28)29/h2-4,6-7,14-16,19H,5,8-11H2,1H3,(H,23,25)(H,28,29)/t14?,15-,16-/m0/s1. The minimum absolute atomic E-state index is 0.0120. The normalized spacial score (nSPS) is 18.3. The number of halogens is 2. The number of carbonyl (C=O) groups is 4. The number of likely N-dealkylation sites (tertiary alicyclic amines) is 1. The molecule has 0 radical (unpaired) electrons. The van der Waals surface area contributed by atoms with E-state index in [1.165, 1.54) is 6.92 Å². The van der Waals surface area contributed by atoms with Gasteiger partial charge in [-0.2, -0.15) is 0 Å². The molecule has 2 N–H and O–H groups in total. The number of rotatable bonds is 9. The Bertz CT molecular complexity index is 756. The molecule has 1 aliphatic rings. The molecule has 1 saturated heterocycles. The summed E-state index contributed by atoms with van der Waals surface area (Å²) >= 11 is 0. The van der Waals surface area contributed by atoms with E-state index in [0.717, 1.165) is 4.90 Å². The number of ketones is 1. The predicted molar refractivity (Wildman–Crippen MR) is 99.2 cm³/mol. The van der Waals surface area contributed by atoms with Crippen molar-refractivity contribution in [2.24, 2.45) is 5.92 Å². The molecular weight excluding hydrogens is 386 g/mol. The minimum Gasteiger partial charge on any atom is -0.480 e. The van der Waals surface area contributed by atoms with Crippen LogP contribution >= 0.6 is 0 Å². The molecule has 2 amide bonds. The van der Waals surface area contributed by atoms with Crippen LogP contribution in [0.25, 0.3) is 0 Å². The maximum Gasteiger partial charge on any atom is 0.326 e. The van der Waals surface area contributed by atoms with Crippen LogP contribution in [0.15, 0.2) is 30.3 Å². The number of nitrogens with one attached hydrogen (secondary N) is 1. The largest absolute Gasteiger partial charge is 0.480 e. The highest BCUT2D eigenvalue weighted by molar-refractivity contribution is 5.94. The number of aliphatic carboxylic acids is 1. The van der Waals surface area contributed by atoms with Crippen molar-refractivity contribution in [2.45, 2.75) is 51.1 Å². The molecule has 1 unspecified atom stereocenters. The average molecular weight is 410 g/mol. The Hall–Kier alpha value is -2.84. The van der Waals surface area contributed by atoms with Gasteiger partial charge in [-0.3, -0.25) is 14.4 Å². The summed E-state index contributed by atoms with van der Waals surface area (Å²) in [6, 6.07) is 6.32. The topological polar surface area (TPSA) is 104 Å². The Morgan fingerprint density at radius 3 is 2.41 bits per heavy atom. The number of nitrogens with zero attached hydrogens (tertiary/aromatic N) is 1. The Labute approximate surface area is 167 Å². The second-order valence-corrected chi connectivity index (χ2v) is 7.07. The molecule has 1 aromatic carbocycles. The van der Waals surface area contributed by atoms with E-state index in [0.29, 0.717) is 12.0 Å². The third kappa shape index (κ3) is 6.07. The molecule has 1 fully saturated rings. The van der Waals surface area contributed by atoms with Crippen LogP contribution in [0, 0.1) is 5.92 Å². The average Bonchev–Trinajstić information content (AvgIpc) is 3.15. The molecule has 0 spiro atoms. The number of alkyl halides is 2. The van der Waals surface area contributed by atoms with Crippen molar-refractivity contribution in [3.8, 4) is 0 Å². The van der Waals surface area contributed by atoms with Crippen molar-refractivity contribution < 1.29 is 33.1 Å². The van der Waals surface area contributed by atoms with Gasteiger partial charge in [0, 0.05) is 19.9 Å². The summed E-state index contributed by atoms with van der Waals surface area (Å²) < 4.78 is 27.3. The van der Waals surface area contributed by atoms with E-state index in [9.17, 15) is 33.1 Å². The molecule has 0 aliphatic carbocycles. The van der Waals surface area contributed by atoms with Gasteiger partial charge in [0.2, 0.25) is 18.2 Å². The first-order valence-corrected chi connectivity index (χ1v) is 9.36. The van der Waals surface area contributed by atoms with Crippen LogP contribution in [0.5, 0.6) is 0 Å². The zero-order chi connectivity index (χ0) is 21.6. The van der Waals surface area contributed by atoms with Crippen LogP contribution in [0.1, 0.15) is 31.7 Å². The number of amides is 2. The molecule has 0 saturated carbocycles. The van der Waals surface area contributed by atoms with E-state index >= 15 is 0 Å². The molecule has 1 aliphatic heterocycles. The highest BCUT2D eigenvalue weighted by Crippen LogP contribution is 2.24. The van der Waals surface area contributed by atoms with Gasteiger partial charge in [0.05, 0.1) is 12.0 Å². The van der Waals surface area contributed by atoms with Crippen LogP contribution in [0.3, 0.4) is 0 Å². The van der Waals surface area contributed by atoms with E-state index in [1.54, 1.807) is 30.3 Å². The summed E-state index contributed by atoms with van der Waals surface area (Å²) in [5, 5.41) is 11.6. The lowest BCUT2D eigenvalue weighted by Crippen LogP contribution is -2.48. The third-order valence-corrected chi connectivity index (χ3v) is 4.93. The van der Waals surface area contributed by atoms with Gasteiger partial charge in [-0.15, -0.1) is 0 Å². The summed E-state index contributed by atoms with van der Waals surface area (Å²) in [6.45, 7) is 1.33. The quantitative estimate of drug-likeness (QED) is 0.644. The van der Waals surface area contributed by atoms with E-state index in [2.05, 4.69) is 5.32 Å². The van der Waals surface area contributed by atoms with Crippen molar-refractivity contribution in [3.05, 3.63) is 35.9 Å². The second-order valence-electron chi connectivity index (χ2n) is 7.07. The molecule has 29 heavy (non-hydrogen) atoms. The third-order valence-electron chi connectivity index (χ3n) is 4.93. The molecule has 0 bridgehead atoms. The number of hydrogen-bond acceptors (Lipinski definition) is 4. The summed E-state index contributed by atoms with van der Waals surface area (Å²) in [6.07, 6.45) is -3.21. The first-order valence-electron chi connectivity index (χ1n) is 9.36. The summed E-state index contributed by atoms with van der Waals surface area (Å²) in [5.41, 5.74) is 0.671. The predicted octanol–water partition coefficient (Wildman–Crippen LogP) is 1.65. The minimum atomic E-state index is -3.12. The monoisotopic (exact) mass is 410 g/mol.